The van der Waals surface area contributed by atoms with E-state index in [2.05, 4.69) is 144 Å². The van der Waals surface area contributed by atoms with Gasteiger partial charge in [-0.25, -0.2) is 19.7 Å². The summed E-state index contributed by atoms with van der Waals surface area (Å²) in [5.41, 5.74) is 12.0. The van der Waals surface area contributed by atoms with Crippen molar-refractivity contribution in [1.82, 2.24) is 44.9 Å². The summed E-state index contributed by atoms with van der Waals surface area (Å²) < 4.78 is 32.9. The number of ether oxygens (including phenoxy) is 6. The van der Waals surface area contributed by atoms with Crippen LogP contribution in [0.15, 0.2) is 212 Å². The van der Waals surface area contributed by atoms with E-state index in [0.29, 0.717) is 111 Å². The maximum Gasteiger partial charge on any atom is 0.330 e. The molecular weight excluding hydrogens is 1740 g/mol. The summed E-state index contributed by atoms with van der Waals surface area (Å²) in [7, 11) is 4.81. The Morgan fingerprint density at radius 3 is 1.10 bits per heavy atom. The molecule has 22 nitrogen and oxygen atoms in total. The first-order valence-electron chi connectivity index (χ1n) is 49.2. The van der Waals surface area contributed by atoms with E-state index < -0.39 is 0 Å². The van der Waals surface area contributed by atoms with E-state index >= 15 is 0 Å². The first-order valence-corrected chi connectivity index (χ1v) is 49.2. The molecule has 4 N–H and O–H groups in total. The van der Waals surface area contributed by atoms with E-state index in [0.717, 1.165) is 120 Å². The number of methoxy groups -OCH3 is 3. The Balaban J connectivity index is 0.000000203. The molecule has 3 aromatic heterocycles. The van der Waals surface area contributed by atoms with Crippen molar-refractivity contribution >= 4 is 45.7 Å². The number of fused-ring (bicyclic) bond motifs is 2. The molecular formula is C117H147N9O13. The number of aromatic nitrogens is 9. The van der Waals surface area contributed by atoms with Gasteiger partial charge in [-0.05, 0) is 227 Å². The average molecular weight is 1890 g/mol. The average Bonchev–Trinajstić information content (AvgIpc) is 1.75. The molecule has 0 spiro atoms. The van der Waals surface area contributed by atoms with Gasteiger partial charge in [-0.1, -0.05) is 262 Å². The zero-order valence-electron chi connectivity index (χ0n) is 85.9. The minimum atomic E-state index is -0.277. The molecule has 0 saturated heterocycles. The highest BCUT2D eigenvalue weighted by Crippen LogP contribution is 2.46. The fraction of sp³-hybridized carbons (Fsp3) is 0.419. The van der Waals surface area contributed by atoms with Crippen molar-refractivity contribution in [2.75, 3.05) is 41.2 Å². The molecule has 0 aliphatic heterocycles. The van der Waals surface area contributed by atoms with E-state index in [-0.39, 0.29) is 92.1 Å². The summed E-state index contributed by atoms with van der Waals surface area (Å²) in [5, 5.41) is 65.2. The molecule has 738 valence electrons. The number of hydrogen-bond acceptors (Lipinski definition) is 20. The fourth-order valence-corrected chi connectivity index (χ4v) is 17.3. The van der Waals surface area contributed by atoms with E-state index in [4.69, 9.17) is 63.8 Å². The number of Topliss-reactive ketones (excluding diaryl/α,β-unsaturated/α-hetero) is 2. The van der Waals surface area contributed by atoms with Crippen molar-refractivity contribution in [2.24, 2.45) is 28.6 Å². The summed E-state index contributed by atoms with van der Waals surface area (Å²) in [4.78, 5) is 53.4. The van der Waals surface area contributed by atoms with Crippen LogP contribution in [0, 0.1) is 28.6 Å². The third-order valence-corrected chi connectivity index (χ3v) is 25.0. The summed E-state index contributed by atoms with van der Waals surface area (Å²) in [6.45, 7) is 43.6. The van der Waals surface area contributed by atoms with Crippen molar-refractivity contribution in [3.05, 3.63) is 257 Å². The molecule has 139 heavy (non-hydrogen) atoms. The van der Waals surface area contributed by atoms with Crippen LogP contribution in [0.1, 0.15) is 282 Å². The number of phenolic OH excluding ortho intramolecular Hbond substituents is 4. The first-order chi connectivity index (χ1) is 66.2. The molecule has 0 saturated carbocycles. The molecule has 3 unspecified atom stereocenters. The number of rotatable bonds is 40. The lowest BCUT2D eigenvalue weighted by Gasteiger charge is -2.34. The van der Waals surface area contributed by atoms with Gasteiger partial charge in [0.05, 0.1) is 58.7 Å². The maximum atomic E-state index is 12.3. The minimum absolute atomic E-state index is 0.00143. The van der Waals surface area contributed by atoms with Crippen LogP contribution in [0.4, 0.5) is 0 Å². The van der Waals surface area contributed by atoms with Crippen molar-refractivity contribution in [3.8, 4) is 97.3 Å². The topological polar surface area (TPSA) is 288 Å². The van der Waals surface area contributed by atoms with Crippen LogP contribution in [0.5, 0.6) is 51.7 Å². The maximum absolute atomic E-state index is 12.3. The second kappa shape index (κ2) is 49.9. The van der Waals surface area contributed by atoms with Crippen LogP contribution in [0.2, 0.25) is 0 Å². The van der Waals surface area contributed by atoms with Gasteiger partial charge in [0.25, 0.3) is 0 Å². The van der Waals surface area contributed by atoms with Gasteiger partial charge >= 0.3 is 5.97 Å². The van der Waals surface area contributed by atoms with Crippen LogP contribution in [0.25, 0.3) is 73.7 Å². The number of benzene rings is 10. The fourth-order valence-electron chi connectivity index (χ4n) is 17.3. The van der Waals surface area contributed by atoms with Crippen LogP contribution >= 0.6 is 0 Å². The number of carbonyl (C=O) groups excluding carboxylic acids is 3. The molecule has 0 aliphatic rings. The molecule has 0 amide bonds. The Kier molecular flexibility index (Phi) is 38.7. The van der Waals surface area contributed by atoms with Crippen LogP contribution in [0.3, 0.4) is 0 Å². The van der Waals surface area contributed by atoms with Crippen molar-refractivity contribution < 1.29 is 63.2 Å². The highest BCUT2D eigenvalue weighted by Gasteiger charge is 2.34. The number of carbonyl (C=O) groups is 3. The SMILES string of the molecule is CC(C)(C)CC(C)(C)c1cc(Cc2cc(C(C)(C)CC(C)(C)C)cc(-n3nc4ccccc4n3)c2O)c(O)c(-n2nc3ccccc3n2)c1.CCCCC(CC)COC(=O)C=Cc1ccc(OC)cc1.CCCCC(CC)COc1ccc(-c2nc(-c3ccc(OC)cc3)nc(-c3ccc(OCC(CC)CCCC)cc3O)n2)c(O)c1.COc1ccc(C(=O)CC(=O)c2ccc(C(C)(C)C)cc2)cc1. The van der Waals surface area contributed by atoms with E-state index in [9.17, 15) is 34.8 Å². The third-order valence-electron chi connectivity index (χ3n) is 25.0. The zero-order chi connectivity index (χ0) is 101. The number of unbranched alkanes of at least 4 members (excludes halogenated alkanes) is 3. The Bertz CT molecular complexity index is 5890. The minimum Gasteiger partial charge on any atom is -0.507 e. The molecule has 0 fully saturated rings. The molecule has 22 heteroatoms. The molecule has 3 heterocycles. The molecule has 0 radical (unpaired) electrons. The summed E-state index contributed by atoms with van der Waals surface area (Å²) >= 11 is 0. The first kappa shape index (κ1) is 108. The van der Waals surface area contributed by atoms with Crippen LogP contribution in [-0.4, -0.2) is 124 Å². The smallest absolute Gasteiger partial charge is 0.330 e. The number of hydrogen-bond donors (Lipinski definition) is 4. The van der Waals surface area contributed by atoms with Gasteiger partial charge in [0.2, 0.25) is 0 Å². The lowest BCUT2D eigenvalue weighted by atomic mass is 9.71. The van der Waals surface area contributed by atoms with Crippen molar-refractivity contribution in [2.45, 2.75) is 251 Å². The van der Waals surface area contributed by atoms with Gasteiger partial charge in [0.1, 0.15) is 85.2 Å². The predicted octanol–water partition coefficient (Wildman–Crippen LogP) is 28.0. The Hall–Kier alpha value is -13.2. The molecule has 13 rings (SSSR count). The second-order valence-electron chi connectivity index (χ2n) is 41.0. The lowest BCUT2D eigenvalue weighted by molar-refractivity contribution is -0.139. The highest BCUT2D eigenvalue weighted by molar-refractivity contribution is 6.13. The normalized spacial score (nSPS) is 12.4. The second-order valence-corrected chi connectivity index (χ2v) is 41.0. The standard InChI is InChI=1S/C41H50N6O2.C38H49N3O5.C20H22O3.C18H26O3/c1-38(2,3)24-40(7,8)28-20-26(36(48)34(22-28)46-42-30-15-11-12-16-31(30)43-46)19-27-21-29(41(9,10)25-39(4,5)6)23-35(37(27)49)47-44-32-17-13-14-18-33(32)45-47;1-6-10-12-26(8-3)24-45-30-18-20-32(34(42)22-30)37-39-36(28-14-16-29(44-5)17-15-28)40-38(41-37)33-21-19-31(23-35(33)43)46-25-27(9-4)13-11-7-2;1-20(2,3)16-9-5-14(6-10-16)18(21)13-19(22)15-7-11-17(23-4)12-8-15;1-4-6-7-15(5-2)14-21-18(19)13-10-16-8-11-17(20-3)12-9-16/h11-18,20-23,48-49H,19,24-25H2,1-10H3;14-23,26-27,42-43H,6-13,24-25H2,1-5H3;5-12H,13H2,1-4H3;8-13,15H,4-7,14H2,1-3H3. The van der Waals surface area contributed by atoms with Gasteiger partial charge in [-0.2, -0.15) is 0 Å². The predicted molar refractivity (Wildman–Crippen MR) is 559 cm³/mol. The molecule has 10 aromatic carbocycles. The van der Waals surface area contributed by atoms with E-state index in [1.54, 1.807) is 88.1 Å². The molecule has 3 atom stereocenters. The van der Waals surface area contributed by atoms with Gasteiger partial charge in [0.15, 0.2) is 29.0 Å². The van der Waals surface area contributed by atoms with Crippen LogP contribution in [-0.2, 0) is 32.2 Å². The lowest BCUT2D eigenvalue weighted by Crippen LogP contribution is -2.25. The number of phenols is 4. The van der Waals surface area contributed by atoms with Crippen LogP contribution < -0.4 is 23.7 Å². The molecule has 0 bridgehead atoms. The van der Waals surface area contributed by atoms with Gasteiger partial charge in [-0.15, -0.1) is 30.0 Å². The Morgan fingerprint density at radius 1 is 0.396 bits per heavy atom. The van der Waals surface area contributed by atoms with Crippen molar-refractivity contribution in [1.29, 1.82) is 0 Å². The molecule has 0 aliphatic carbocycles. The Morgan fingerprint density at radius 2 is 0.748 bits per heavy atom. The summed E-state index contributed by atoms with van der Waals surface area (Å²) in [6, 6.07) is 63.2. The van der Waals surface area contributed by atoms with Gasteiger partial charge in [-0.3, -0.25) is 9.59 Å². The Labute approximate surface area is 823 Å². The third kappa shape index (κ3) is 31.4. The number of aromatic hydroxyl groups is 4. The highest BCUT2D eigenvalue weighted by atomic mass is 16.5. The summed E-state index contributed by atoms with van der Waals surface area (Å²) in [6.07, 6.45) is 18.8. The summed E-state index contributed by atoms with van der Waals surface area (Å²) in [5.74, 6) is 5.28. The van der Waals surface area contributed by atoms with Gasteiger partial charge < -0.3 is 48.8 Å². The largest absolute Gasteiger partial charge is 0.507 e. The number of ketones is 2. The van der Waals surface area contributed by atoms with E-state index in [1.807, 2.05) is 133 Å². The van der Waals surface area contributed by atoms with Gasteiger partial charge in [0, 0.05) is 52.4 Å². The monoisotopic (exact) mass is 1890 g/mol. The van der Waals surface area contributed by atoms with E-state index in [1.165, 1.54) is 41.4 Å². The zero-order valence-corrected chi connectivity index (χ0v) is 85.9. The number of nitrogens with zero attached hydrogens (tertiary/aromatic N) is 9. The van der Waals surface area contributed by atoms with Crippen molar-refractivity contribution in [3.63, 3.8) is 0 Å². The molecule has 13 aromatic rings. The number of esters is 1. The quantitative estimate of drug-likeness (QED) is 0.0120.